The van der Waals surface area contributed by atoms with E-state index in [9.17, 15) is 14.0 Å². The molecule has 9 heteroatoms. The molecule has 1 unspecified atom stereocenters. The summed E-state index contributed by atoms with van der Waals surface area (Å²) in [6.45, 7) is 10.5. The summed E-state index contributed by atoms with van der Waals surface area (Å²) < 4.78 is 23.0. The number of aromatic nitrogens is 1. The summed E-state index contributed by atoms with van der Waals surface area (Å²) in [5, 5.41) is 2.82. The molecule has 0 bridgehead atoms. The Kier molecular flexibility index (Phi) is 13.9. The van der Waals surface area contributed by atoms with Crippen LogP contribution in [0.15, 0.2) is 59.3 Å². The number of carbonyl (C=O) groups is 2. The summed E-state index contributed by atoms with van der Waals surface area (Å²) in [4.78, 5) is 31.9. The van der Waals surface area contributed by atoms with Gasteiger partial charge < -0.3 is 25.1 Å². The average molecular weight is 541 g/mol. The van der Waals surface area contributed by atoms with Gasteiger partial charge in [-0.15, -0.1) is 0 Å². The molecule has 2 aromatic carbocycles. The predicted molar refractivity (Wildman–Crippen MR) is 151 cm³/mol. The van der Waals surface area contributed by atoms with Crippen molar-refractivity contribution in [2.75, 3.05) is 32.8 Å². The predicted octanol–water partition coefficient (Wildman–Crippen LogP) is 5.22. The fourth-order valence-electron chi connectivity index (χ4n) is 3.78. The molecule has 8 nitrogen and oxygen atoms in total. The Morgan fingerprint density at radius 1 is 1.08 bits per heavy atom. The van der Waals surface area contributed by atoms with E-state index in [1.807, 2.05) is 33.8 Å². The van der Waals surface area contributed by atoms with E-state index in [4.69, 9.17) is 14.9 Å². The molecule has 0 aliphatic rings. The van der Waals surface area contributed by atoms with Crippen LogP contribution in [0.3, 0.4) is 0 Å². The van der Waals surface area contributed by atoms with Gasteiger partial charge in [-0.05, 0) is 62.1 Å². The Morgan fingerprint density at radius 2 is 1.79 bits per heavy atom. The topological polar surface area (TPSA) is 111 Å². The molecule has 0 spiro atoms. The summed E-state index contributed by atoms with van der Waals surface area (Å²) in [6.07, 6.45) is 5.61. The number of amides is 2. The lowest BCUT2D eigenvalue weighted by atomic mass is 10.0. The zero-order valence-corrected chi connectivity index (χ0v) is 23.4. The van der Waals surface area contributed by atoms with Crippen molar-refractivity contribution in [1.82, 2.24) is 15.2 Å². The van der Waals surface area contributed by atoms with Crippen LogP contribution in [-0.4, -0.2) is 60.6 Å². The van der Waals surface area contributed by atoms with Crippen molar-refractivity contribution < 1.29 is 23.1 Å². The molecule has 1 aromatic heterocycles. The Balaban J connectivity index is 0.000000568. The van der Waals surface area contributed by atoms with Crippen LogP contribution in [0.5, 0.6) is 0 Å². The molecule has 212 valence electrons. The number of hydrogen-bond acceptors (Lipinski definition) is 6. The third-order valence-corrected chi connectivity index (χ3v) is 5.58. The van der Waals surface area contributed by atoms with Crippen molar-refractivity contribution in [3.8, 4) is 11.5 Å². The van der Waals surface area contributed by atoms with Crippen LogP contribution in [0.25, 0.3) is 11.5 Å². The minimum absolute atomic E-state index is 0.115. The Morgan fingerprint density at radius 3 is 2.36 bits per heavy atom. The second-order valence-electron chi connectivity index (χ2n) is 9.27. The number of carbonyl (C=O) groups excluding carboxylic acids is 2. The summed E-state index contributed by atoms with van der Waals surface area (Å²) in [7, 11) is 0. The molecular formula is C30H41FN4O4. The lowest BCUT2D eigenvalue weighted by molar-refractivity contribution is 0.0755. The molecule has 0 saturated carbocycles. The van der Waals surface area contributed by atoms with E-state index in [-0.39, 0.29) is 30.2 Å². The first-order valence-electron chi connectivity index (χ1n) is 13.5. The maximum atomic E-state index is 13.1. The van der Waals surface area contributed by atoms with Crippen LogP contribution in [0, 0.1) is 12.7 Å². The number of oxazole rings is 1. The Bertz CT molecular complexity index is 1130. The Hall–Kier alpha value is -3.56. The molecule has 0 saturated heterocycles. The van der Waals surface area contributed by atoms with Crippen LogP contribution >= 0.6 is 0 Å². The molecular weight excluding hydrogens is 499 g/mol. The van der Waals surface area contributed by atoms with E-state index >= 15 is 0 Å². The number of rotatable bonds is 13. The minimum Gasteiger partial charge on any atom is -0.445 e. The molecule has 2 amide bonds. The normalized spacial score (nSPS) is 11.3. The minimum atomic E-state index is -0.314. The molecule has 3 N–H and O–H groups in total. The van der Waals surface area contributed by atoms with Crippen LogP contribution in [-0.2, 0) is 4.74 Å². The van der Waals surface area contributed by atoms with Gasteiger partial charge in [-0.2, -0.15) is 0 Å². The SMILES string of the molecule is CCCOCC(N)CNC(=O)c1cc(C(=O)N(CCC)CCC)cc(-c2ncco2)c1.Cc1cccc(F)c1. The largest absolute Gasteiger partial charge is 0.445 e. The van der Waals surface area contributed by atoms with Crippen molar-refractivity contribution in [2.24, 2.45) is 5.73 Å². The fourth-order valence-corrected chi connectivity index (χ4v) is 3.78. The smallest absolute Gasteiger partial charge is 0.253 e. The van der Waals surface area contributed by atoms with Crippen LogP contribution in [0.1, 0.15) is 66.3 Å². The van der Waals surface area contributed by atoms with E-state index in [0.717, 1.165) is 24.8 Å². The Labute approximate surface area is 230 Å². The van der Waals surface area contributed by atoms with Gasteiger partial charge in [-0.3, -0.25) is 9.59 Å². The van der Waals surface area contributed by atoms with Gasteiger partial charge >= 0.3 is 0 Å². The molecule has 0 aliphatic heterocycles. The number of hydrogen-bond donors (Lipinski definition) is 2. The third-order valence-electron chi connectivity index (χ3n) is 5.58. The maximum Gasteiger partial charge on any atom is 0.253 e. The van der Waals surface area contributed by atoms with Crippen LogP contribution in [0.2, 0.25) is 0 Å². The van der Waals surface area contributed by atoms with Gasteiger partial charge in [-0.25, -0.2) is 9.37 Å². The fraction of sp³-hybridized carbons (Fsp3) is 0.433. The first-order chi connectivity index (χ1) is 18.8. The molecule has 0 radical (unpaired) electrons. The van der Waals surface area contributed by atoms with Crippen LogP contribution < -0.4 is 11.1 Å². The summed E-state index contributed by atoms with van der Waals surface area (Å²) >= 11 is 0. The first-order valence-corrected chi connectivity index (χ1v) is 13.5. The van der Waals surface area contributed by atoms with E-state index in [2.05, 4.69) is 10.3 Å². The first kappa shape index (κ1) is 31.7. The lowest BCUT2D eigenvalue weighted by Crippen LogP contribution is -2.40. The van der Waals surface area contributed by atoms with Crippen molar-refractivity contribution >= 4 is 11.8 Å². The number of aryl methyl sites for hydroxylation is 1. The van der Waals surface area contributed by atoms with Gasteiger partial charge in [0.25, 0.3) is 11.8 Å². The van der Waals surface area contributed by atoms with Gasteiger partial charge in [0.15, 0.2) is 0 Å². The van der Waals surface area contributed by atoms with Crippen molar-refractivity contribution in [3.63, 3.8) is 0 Å². The van der Waals surface area contributed by atoms with Gasteiger partial charge in [0.1, 0.15) is 12.1 Å². The summed E-state index contributed by atoms with van der Waals surface area (Å²) in [5.74, 6) is -0.238. The maximum absolute atomic E-state index is 13.1. The highest BCUT2D eigenvalue weighted by molar-refractivity contribution is 6.01. The van der Waals surface area contributed by atoms with Crippen LogP contribution in [0.4, 0.5) is 4.39 Å². The molecule has 3 aromatic rings. The molecule has 3 rings (SSSR count). The van der Waals surface area contributed by atoms with E-state index < -0.39 is 0 Å². The number of nitrogens with two attached hydrogens (primary N) is 1. The summed E-state index contributed by atoms with van der Waals surface area (Å²) in [5.41, 5.74) is 8.33. The van der Waals surface area contributed by atoms with Gasteiger partial charge in [0, 0.05) is 49.0 Å². The number of halogens is 1. The summed E-state index contributed by atoms with van der Waals surface area (Å²) in [6, 6.07) is 11.2. The second kappa shape index (κ2) is 17.1. The number of nitrogens with zero attached hydrogens (tertiary/aromatic N) is 2. The van der Waals surface area contributed by atoms with E-state index in [0.29, 0.717) is 48.9 Å². The molecule has 1 atom stereocenters. The van der Waals surface area contributed by atoms with E-state index in [1.165, 1.54) is 24.6 Å². The van der Waals surface area contributed by atoms with Crippen molar-refractivity contribution in [3.05, 3.63) is 77.4 Å². The van der Waals surface area contributed by atoms with Gasteiger partial charge in [0.2, 0.25) is 5.89 Å². The third kappa shape index (κ3) is 11.0. The number of nitrogens with one attached hydrogen (secondary N) is 1. The van der Waals surface area contributed by atoms with E-state index in [1.54, 1.807) is 29.2 Å². The quantitative estimate of drug-likeness (QED) is 0.288. The molecule has 0 aliphatic carbocycles. The number of ether oxygens (including phenoxy) is 1. The zero-order chi connectivity index (χ0) is 28.6. The highest BCUT2D eigenvalue weighted by atomic mass is 19.1. The number of benzene rings is 2. The highest BCUT2D eigenvalue weighted by Crippen LogP contribution is 2.22. The zero-order valence-electron chi connectivity index (χ0n) is 23.4. The van der Waals surface area contributed by atoms with Crippen molar-refractivity contribution in [2.45, 2.75) is 53.0 Å². The van der Waals surface area contributed by atoms with Gasteiger partial charge in [0.05, 0.1) is 12.8 Å². The highest BCUT2D eigenvalue weighted by Gasteiger charge is 2.19. The standard InChI is InChI=1S/C23H34N4O4.C7H7F/c1-4-8-27(9-5-2)23(29)19-13-17(12-18(14-19)22-25-7-11-31-22)21(28)26-15-20(24)16-30-10-6-3;1-6-3-2-4-7(8)5-6/h7,11-14,20H,4-6,8-10,15-16,24H2,1-3H3,(H,26,28);2-5H,1H3. The molecule has 39 heavy (non-hydrogen) atoms. The lowest BCUT2D eigenvalue weighted by Gasteiger charge is -2.22. The van der Waals surface area contributed by atoms with Crippen molar-refractivity contribution in [1.29, 1.82) is 0 Å². The molecule has 0 fully saturated rings. The van der Waals surface area contributed by atoms with Gasteiger partial charge in [-0.1, -0.05) is 32.9 Å². The average Bonchev–Trinajstić information content (AvgIpc) is 3.47. The molecule has 1 heterocycles. The monoisotopic (exact) mass is 540 g/mol. The second-order valence-corrected chi connectivity index (χ2v) is 9.27.